The molecule has 28 heavy (non-hydrogen) atoms. The monoisotopic (exact) mass is 407 g/mol. The summed E-state index contributed by atoms with van der Waals surface area (Å²) in [6.45, 7) is 0.0801. The largest absolute Gasteiger partial charge is 0.479 e. The van der Waals surface area contributed by atoms with E-state index >= 15 is 0 Å². The van der Waals surface area contributed by atoms with Gasteiger partial charge in [-0.2, -0.15) is 23.1 Å². The van der Waals surface area contributed by atoms with Gasteiger partial charge in [-0.3, -0.25) is 4.57 Å². The van der Waals surface area contributed by atoms with Crippen molar-refractivity contribution in [2.24, 2.45) is 0 Å². The summed E-state index contributed by atoms with van der Waals surface area (Å²) in [6.07, 6.45) is -8.70. The second-order valence-corrected chi connectivity index (χ2v) is 6.46. The molecule has 13 heteroatoms. The Morgan fingerprint density at radius 1 is 1.43 bits per heavy atom. The Morgan fingerprint density at radius 2 is 2.11 bits per heavy atom. The number of aliphatic hydroxyl groups excluding tert-OH is 2. The molecule has 4 atom stereocenters. The quantitative estimate of drug-likeness (QED) is 0.638. The van der Waals surface area contributed by atoms with E-state index in [0.717, 1.165) is 11.7 Å². The third-order valence-corrected chi connectivity index (χ3v) is 4.54. The number of rotatable bonds is 5. The average Bonchev–Trinajstić information content (AvgIpc) is 3.10. The molecule has 0 aromatic carbocycles. The van der Waals surface area contributed by atoms with E-state index in [1.165, 1.54) is 0 Å². The van der Waals surface area contributed by atoms with Crippen LogP contribution in [0.5, 0.6) is 5.88 Å². The molecule has 4 N–H and O–H groups in total. The van der Waals surface area contributed by atoms with E-state index in [4.69, 9.17) is 15.2 Å². The van der Waals surface area contributed by atoms with Crippen molar-refractivity contribution < 1.29 is 32.9 Å². The van der Waals surface area contributed by atoms with E-state index in [1.807, 2.05) is 0 Å². The first-order valence-corrected chi connectivity index (χ1v) is 8.48. The van der Waals surface area contributed by atoms with Gasteiger partial charge in [0.2, 0.25) is 11.8 Å². The Morgan fingerprint density at radius 3 is 2.68 bits per heavy atom. The number of alkyl halides is 3. The molecule has 0 radical (unpaired) electrons. The summed E-state index contributed by atoms with van der Waals surface area (Å²) in [5.41, 5.74) is 3.88. The summed E-state index contributed by atoms with van der Waals surface area (Å²) in [4.78, 5) is 20.4. The number of nitrogen functional groups attached to an aromatic ring is 1. The number of halogens is 3. The molecule has 3 rings (SSSR count). The van der Waals surface area contributed by atoms with Crippen LogP contribution in [-0.4, -0.2) is 60.9 Å². The maximum absolute atomic E-state index is 13.1. The Labute approximate surface area is 156 Å². The topological polar surface area (TPSA) is 138 Å². The first kappa shape index (κ1) is 20.4. The number of ether oxygens (including phenoxy) is 2. The summed E-state index contributed by atoms with van der Waals surface area (Å²) in [6, 6.07) is 0. The number of aromatic nitrogens is 4. The molecule has 0 saturated carbocycles. The first-order valence-electron chi connectivity index (χ1n) is 8.48. The molecule has 0 bridgehead atoms. The summed E-state index contributed by atoms with van der Waals surface area (Å²) in [5.74, 6) is -0.653. The summed E-state index contributed by atoms with van der Waals surface area (Å²) in [7, 11) is 1.16. The highest BCUT2D eigenvalue weighted by Crippen LogP contribution is 2.34. The Hall–Kier alpha value is -2.38. The number of aliphatic hydroxyl groups is 2. The van der Waals surface area contributed by atoms with Gasteiger partial charge in [0, 0.05) is 6.42 Å². The maximum atomic E-state index is 13.1. The number of fused-ring (bicyclic) bond motifs is 1. The van der Waals surface area contributed by atoms with Crippen LogP contribution in [-0.2, 0) is 11.3 Å². The SMILES string of the molecule is CC[C@H](O)[C@@H]1C[C@@H](O)[C@H](n2c(=O)n(CC(F)(F)F)c3c(OC)nc(N)nc32)O1. The maximum Gasteiger partial charge on any atom is 0.406 e. The Balaban J connectivity index is 2.22. The third kappa shape index (κ3) is 3.52. The fourth-order valence-corrected chi connectivity index (χ4v) is 3.28. The van der Waals surface area contributed by atoms with Gasteiger partial charge in [-0.1, -0.05) is 6.92 Å². The second-order valence-electron chi connectivity index (χ2n) is 6.46. The van der Waals surface area contributed by atoms with E-state index in [0.29, 0.717) is 11.0 Å². The van der Waals surface area contributed by atoms with Crippen molar-refractivity contribution >= 4 is 17.1 Å². The molecule has 0 amide bonds. The average molecular weight is 407 g/mol. The first-order chi connectivity index (χ1) is 13.1. The number of hydrogen-bond donors (Lipinski definition) is 3. The molecule has 3 heterocycles. The molecule has 156 valence electrons. The van der Waals surface area contributed by atoms with Crippen LogP contribution in [0.15, 0.2) is 4.79 Å². The van der Waals surface area contributed by atoms with Gasteiger partial charge in [0.25, 0.3) is 0 Å². The second kappa shape index (κ2) is 7.22. The molecule has 0 spiro atoms. The van der Waals surface area contributed by atoms with Gasteiger partial charge in [-0.25, -0.2) is 9.36 Å². The zero-order valence-electron chi connectivity index (χ0n) is 15.0. The smallest absolute Gasteiger partial charge is 0.406 e. The predicted molar refractivity (Wildman–Crippen MR) is 89.6 cm³/mol. The van der Waals surface area contributed by atoms with Crippen LogP contribution in [0, 0.1) is 0 Å². The summed E-state index contributed by atoms with van der Waals surface area (Å²) in [5, 5.41) is 20.3. The molecule has 0 aliphatic carbocycles. The lowest BCUT2D eigenvalue weighted by atomic mass is 10.1. The van der Waals surface area contributed by atoms with E-state index in [1.54, 1.807) is 6.92 Å². The van der Waals surface area contributed by atoms with Gasteiger partial charge in [-0.05, 0) is 6.42 Å². The fourth-order valence-electron chi connectivity index (χ4n) is 3.28. The van der Waals surface area contributed by atoms with Crippen molar-refractivity contribution in [2.75, 3.05) is 12.8 Å². The van der Waals surface area contributed by atoms with E-state index in [-0.39, 0.29) is 29.4 Å². The zero-order valence-corrected chi connectivity index (χ0v) is 15.0. The van der Waals surface area contributed by atoms with Gasteiger partial charge in [-0.15, -0.1) is 0 Å². The van der Waals surface area contributed by atoms with Crippen LogP contribution in [0.1, 0.15) is 26.0 Å². The van der Waals surface area contributed by atoms with E-state index in [2.05, 4.69) is 9.97 Å². The van der Waals surface area contributed by atoms with Crippen LogP contribution < -0.4 is 16.2 Å². The molecule has 2 aromatic heterocycles. The van der Waals surface area contributed by atoms with Gasteiger partial charge in [0.05, 0.1) is 19.3 Å². The lowest BCUT2D eigenvalue weighted by Gasteiger charge is -2.18. The standard InChI is InChI=1S/C15H20F3N5O5/c1-3-6(24)8-4-7(25)12(28-8)23-10-9(11(27-2)21-13(19)20-10)22(14(23)26)5-15(16,17)18/h6-8,12,24-25H,3-5H2,1-2H3,(H2,19,20,21)/t6-,7+,8-,12+/m0/s1. The highest BCUT2D eigenvalue weighted by molar-refractivity contribution is 5.78. The van der Waals surface area contributed by atoms with Crippen LogP contribution in [0.25, 0.3) is 11.2 Å². The molecule has 10 nitrogen and oxygen atoms in total. The third-order valence-electron chi connectivity index (χ3n) is 4.54. The normalized spacial score (nSPS) is 24.0. The van der Waals surface area contributed by atoms with Crippen LogP contribution in [0.4, 0.5) is 19.1 Å². The van der Waals surface area contributed by atoms with Crippen molar-refractivity contribution in [1.82, 2.24) is 19.1 Å². The van der Waals surface area contributed by atoms with Crippen molar-refractivity contribution in [2.45, 2.75) is 57.0 Å². The highest BCUT2D eigenvalue weighted by atomic mass is 19.4. The van der Waals surface area contributed by atoms with Crippen molar-refractivity contribution in [3.63, 3.8) is 0 Å². The fraction of sp³-hybridized carbons (Fsp3) is 0.667. The molecular formula is C15H20F3N5O5. The minimum absolute atomic E-state index is 0.00421. The molecule has 2 aromatic rings. The molecule has 1 saturated heterocycles. The molecule has 1 fully saturated rings. The molecule has 1 aliphatic rings. The number of methoxy groups -OCH3 is 1. The lowest BCUT2D eigenvalue weighted by molar-refractivity contribution is -0.140. The predicted octanol–water partition coefficient (Wildman–Crippen LogP) is 0.165. The number of nitrogens with two attached hydrogens (primary N) is 1. The van der Waals surface area contributed by atoms with Crippen LogP contribution in [0.2, 0.25) is 0 Å². The number of anilines is 1. The number of imidazole rings is 1. The summed E-state index contributed by atoms with van der Waals surface area (Å²) >= 11 is 0. The van der Waals surface area contributed by atoms with E-state index < -0.39 is 43.0 Å². The Kier molecular flexibility index (Phi) is 5.25. The minimum Gasteiger partial charge on any atom is -0.479 e. The zero-order chi connectivity index (χ0) is 20.8. The van der Waals surface area contributed by atoms with Crippen LogP contribution >= 0.6 is 0 Å². The minimum atomic E-state index is -4.72. The molecular weight excluding hydrogens is 387 g/mol. The van der Waals surface area contributed by atoms with Crippen LogP contribution in [0.3, 0.4) is 0 Å². The number of hydrogen-bond acceptors (Lipinski definition) is 8. The highest BCUT2D eigenvalue weighted by Gasteiger charge is 2.42. The molecule has 1 aliphatic heterocycles. The molecule has 0 unspecified atom stereocenters. The van der Waals surface area contributed by atoms with Crippen molar-refractivity contribution in [3.05, 3.63) is 10.5 Å². The van der Waals surface area contributed by atoms with Crippen molar-refractivity contribution in [1.29, 1.82) is 0 Å². The van der Waals surface area contributed by atoms with Gasteiger partial charge in [0.1, 0.15) is 12.6 Å². The van der Waals surface area contributed by atoms with Crippen molar-refractivity contribution in [3.8, 4) is 5.88 Å². The lowest BCUT2D eigenvalue weighted by Crippen LogP contribution is -2.34. The number of nitrogens with zero attached hydrogens (tertiary/aromatic N) is 4. The van der Waals surface area contributed by atoms with E-state index in [9.17, 15) is 28.2 Å². The van der Waals surface area contributed by atoms with Gasteiger partial charge < -0.3 is 25.4 Å². The van der Waals surface area contributed by atoms with Gasteiger partial charge in [0.15, 0.2) is 17.4 Å². The summed E-state index contributed by atoms with van der Waals surface area (Å²) < 4.78 is 50.9. The Bertz CT molecular complexity index is 927. The van der Waals surface area contributed by atoms with Gasteiger partial charge >= 0.3 is 11.9 Å².